The van der Waals surface area contributed by atoms with Crippen LogP contribution in [0.5, 0.6) is 0 Å². The molecular weight excluding hydrogens is 444 g/mol. The van der Waals surface area contributed by atoms with E-state index in [2.05, 4.69) is 123 Å². The number of fused-ring (bicyclic) bond motifs is 2. The average molecular weight is 495 g/mol. The topological polar surface area (TPSA) is 0 Å². The minimum atomic E-state index is 1.25. The van der Waals surface area contributed by atoms with Crippen molar-refractivity contribution in [3.8, 4) is 22.3 Å². The summed E-state index contributed by atoms with van der Waals surface area (Å²) in [4.78, 5) is 0. The lowest BCUT2D eigenvalue weighted by Crippen LogP contribution is -1.90. The highest BCUT2D eigenvalue weighted by Crippen LogP contribution is 2.43. The first-order valence-corrected chi connectivity index (χ1v) is 14.4. The Bertz CT molecular complexity index is 1060. The van der Waals surface area contributed by atoms with Crippen LogP contribution < -0.4 is 0 Å². The maximum Gasteiger partial charge on any atom is -0.00264 e. The molecular formula is C37H50. The minimum absolute atomic E-state index is 1.25. The second-order valence-corrected chi connectivity index (χ2v) is 7.28. The Labute approximate surface area is 228 Å². The highest BCUT2D eigenvalue weighted by atomic mass is 14.2. The van der Waals surface area contributed by atoms with Gasteiger partial charge in [0, 0.05) is 0 Å². The van der Waals surface area contributed by atoms with Crippen molar-refractivity contribution < 1.29 is 0 Å². The van der Waals surface area contributed by atoms with Crippen LogP contribution in [0.4, 0.5) is 0 Å². The van der Waals surface area contributed by atoms with Crippen molar-refractivity contribution in [2.45, 2.75) is 75.7 Å². The zero-order valence-electron chi connectivity index (χ0n) is 25.1. The third-order valence-electron chi connectivity index (χ3n) is 5.06. The molecule has 5 aromatic carbocycles. The molecule has 0 nitrogen and oxygen atoms in total. The molecule has 0 radical (unpaired) electrons. The fourth-order valence-corrected chi connectivity index (χ4v) is 3.96. The van der Waals surface area contributed by atoms with Gasteiger partial charge in [0.2, 0.25) is 0 Å². The van der Waals surface area contributed by atoms with Gasteiger partial charge in [-0.25, -0.2) is 0 Å². The first-order chi connectivity index (χ1) is 18.3. The van der Waals surface area contributed by atoms with Crippen LogP contribution in [0.25, 0.3) is 43.8 Å². The molecule has 5 rings (SSSR count). The largest absolute Gasteiger partial charge is 0.0683 e. The summed E-state index contributed by atoms with van der Waals surface area (Å²) in [6, 6.07) is 39.0. The van der Waals surface area contributed by atoms with Crippen molar-refractivity contribution in [3.05, 3.63) is 109 Å². The molecule has 0 fully saturated rings. The number of hydrogen-bond acceptors (Lipinski definition) is 0. The average Bonchev–Trinajstić information content (AvgIpc) is 3.01. The second-order valence-electron chi connectivity index (χ2n) is 7.28. The minimum Gasteiger partial charge on any atom is -0.0683 e. The zero-order valence-corrected chi connectivity index (χ0v) is 25.1. The number of rotatable bonds is 2. The van der Waals surface area contributed by atoms with Crippen LogP contribution in [0.1, 0.15) is 75.7 Å². The third kappa shape index (κ3) is 8.90. The van der Waals surface area contributed by atoms with E-state index in [4.69, 9.17) is 0 Å². The molecule has 0 heteroatoms. The lowest BCUT2D eigenvalue weighted by Gasteiger charge is -2.17. The Balaban J connectivity index is 0.00000104. The fourth-order valence-electron chi connectivity index (χ4n) is 3.96. The Kier molecular flexibility index (Phi) is 18.9. The molecule has 198 valence electrons. The predicted molar refractivity (Wildman–Crippen MR) is 174 cm³/mol. The normalized spacial score (nSPS) is 8.92. The standard InChI is InChI=1S/C26H18.C3H8.4C2H6/c1-3-11-19(12-4-1)25-21-15-7-9-17-23(21)26(20-13-5-2-6-14-20)24-18-10-8-16-22(24)25;1-3-2;4*1-2/h1-18H;3H2,1-2H3;4*1-2H3. The molecule has 0 aliphatic rings. The highest BCUT2D eigenvalue weighted by molar-refractivity contribution is 6.21. The summed E-state index contributed by atoms with van der Waals surface area (Å²) in [5.41, 5.74) is 5.16. The van der Waals surface area contributed by atoms with E-state index >= 15 is 0 Å². The van der Waals surface area contributed by atoms with Crippen LogP contribution in [0.15, 0.2) is 109 Å². The van der Waals surface area contributed by atoms with Crippen molar-refractivity contribution in [1.29, 1.82) is 0 Å². The second kappa shape index (κ2) is 20.8. The quantitative estimate of drug-likeness (QED) is 0.214. The van der Waals surface area contributed by atoms with Gasteiger partial charge >= 0.3 is 0 Å². The predicted octanol–water partition coefficient (Wildman–Crippen LogP) is 12.8. The molecule has 0 aliphatic carbocycles. The molecule has 0 heterocycles. The van der Waals surface area contributed by atoms with Crippen molar-refractivity contribution in [1.82, 2.24) is 0 Å². The molecule has 0 aliphatic heterocycles. The summed E-state index contributed by atoms with van der Waals surface area (Å²) >= 11 is 0. The van der Waals surface area contributed by atoms with Crippen molar-refractivity contribution in [2.24, 2.45) is 0 Å². The van der Waals surface area contributed by atoms with Crippen LogP contribution in [0, 0.1) is 0 Å². The van der Waals surface area contributed by atoms with Gasteiger partial charge in [-0.3, -0.25) is 0 Å². The van der Waals surface area contributed by atoms with E-state index in [0.29, 0.717) is 0 Å². The zero-order chi connectivity index (χ0) is 28.1. The van der Waals surface area contributed by atoms with Crippen LogP contribution >= 0.6 is 0 Å². The van der Waals surface area contributed by atoms with Crippen molar-refractivity contribution in [3.63, 3.8) is 0 Å². The highest BCUT2D eigenvalue weighted by Gasteiger charge is 2.15. The summed E-state index contributed by atoms with van der Waals surface area (Å²) in [6.07, 6.45) is 1.25. The van der Waals surface area contributed by atoms with E-state index in [-0.39, 0.29) is 0 Å². The van der Waals surface area contributed by atoms with Crippen LogP contribution in [0.3, 0.4) is 0 Å². The molecule has 0 N–H and O–H groups in total. The molecule has 0 unspecified atom stereocenters. The summed E-state index contributed by atoms with van der Waals surface area (Å²) in [5.74, 6) is 0. The van der Waals surface area contributed by atoms with E-state index in [1.54, 1.807) is 0 Å². The molecule has 37 heavy (non-hydrogen) atoms. The lowest BCUT2D eigenvalue weighted by molar-refractivity contribution is 1.09. The number of hydrogen-bond donors (Lipinski definition) is 0. The molecule has 0 saturated carbocycles. The maximum atomic E-state index is 2.25. The van der Waals surface area contributed by atoms with Gasteiger partial charge in [0.25, 0.3) is 0 Å². The van der Waals surface area contributed by atoms with Gasteiger partial charge in [0.15, 0.2) is 0 Å². The van der Waals surface area contributed by atoms with Crippen LogP contribution in [-0.4, -0.2) is 0 Å². The molecule has 0 aromatic heterocycles. The van der Waals surface area contributed by atoms with Gasteiger partial charge < -0.3 is 0 Å². The first-order valence-electron chi connectivity index (χ1n) is 14.4. The summed E-state index contributed by atoms with van der Waals surface area (Å²) < 4.78 is 0. The molecule has 0 bridgehead atoms. The Morgan fingerprint density at radius 3 is 0.730 bits per heavy atom. The van der Waals surface area contributed by atoms with E-state index in [1.165, 1.54) is 50.2 Å². The van der Waals surface area contributed by atoms with Gasteiger partial charge in [0.05, 0.1) is 0 Å². The van der Waals surface area contributed by atoms with E-state index in [0.717, 1.165) is 0 Å². The molecule has 0 saturated heterocycles. The Hall–Kier alpha value is -3.38. The molecule has 0 atom stereocenters. The van der Waals surface area contributed by atoms with Gasteiger partial charge in [-0.05, 0) is 43.8 Å². The van der Waals surface area contributed by atoms with E-state index in [9.17, 15) is 0 Å². The lowest BCUT2D eigenvalue weighted by atomic mass is 9.86. The summed E-state index contributed by atoms with van der Waals surface area (Å²) in [7, 11) is 0. The Morgan fingerprint density at radius 1 is 0.324 bits per heavy atom. The molecule has 0 amide bonds. The van der Waals surface area contributed by atoms with Gasteiger partial charge in [-0.15, -0.1) is 0 Å². The molecule has 0 spiro atoms. The fraction of sp³-hybridized carbons (Fsp3) is 0.297. The van der Waals surface area contributed by atoms with E-state index < -0.39 is 0 Å². The smallest absolute Gasteiger partial charge is 0.00264 e. The van der Waals surface area contributed by atoms with Crippen molar-refractivity contribution >= 4 is 21.5 Å². The van der Waals surface area contributed by atoms with Crippen molar-refractivity contribution in [2.75, 3.05) is 0 Å². The van der Waals surface area contributed by atoms with Crippen LogP contribution in [-0.2, 0) is 0 Å². The summed E-state index contributed by atoms with van der Waals surface area (Å²) in [5, 5.41) is 5.21. The maximum absolute atomic E-state index is 2.25. The van der Waals surface area contributed by atoms with Gasteiger partial charge in [-0.2, -0.15) is 0 Å². The summed E-state index contributed by atoms with van der Waals surface area (Å²) in [6.45, 7) is 20.2. The monoisotopic (exact) mass is 494 g/mol. The van der Waals surface area contributed by atoms with Gasteiger partial charge in [0.1, 0.15) is 0 Å². The SMILES string of the molecule is CC.CC.CC.CC.CCC.c1ccc(-c2c3ccccc3c(-c3ccccc3)c3ccccc23)cc1. The first kappa shape index (κ1) is 33.6. The van der Waals surface area contributed by atoms with E-state index in [1.807, 2.05) is 55.4 Å². The molecule has 5 aromatic rings. The number of benzene rings is 5. The van der Waals surface area contributed by atoms with Crippen LogP contribution in [0.2, 0.25) is 0 Å². The third-order valence-corrected chi connectivity index (χ3v) is 5.06. The Morgan fingerprint density at radius 2 is 0.514 bits per heavy atom. The van der Waals surface area contributed by atoms with Gasteiger partial charge in [-0.1, -0.05) is 185 Å².